The summed E-state index contributed by atoms with van der Waals surface area (Å²) in [7, 11) is 0. The van der Waals surface area contributed by atoms with Crippen molar-refractivity contribution in [2.45, 2.75) is 72.5 Å². The Bertz CT molecular complexity index is 421. The van der Waals surface area contributed by atoms with Crippen molar-refractivity contribution in [3.05, 3.63) is 10.6 Å². The molecule has 1 aromatic rings. The van der Waals surface area contributed by atoms with Crippen LogP contribution >= 0.6 is 11.3 Å². The van der Waals surface area contributed by atoms with E-state index in [-0.39, 0.29) is 0 Å². The van der Waals surface area contributed by atoms with Crippen molar-refractivity contribution in [2.24, 2.45) is 5.92 Å². The second-order valence-electron chi connectivity index (χ2n) is 6.53. The van der Waals surface area contributed by atoms with E-state index in [9.17, 15) is 0 Å². The van der Waals surface area contributed by atoms with Gasteiger partial charge in [0.2, 0.25) is 0 Å². The third kappa shape index (κ3) is 4.19. The molecule has 1 aliphatic carbocycles. The standard InChI is InChI=1S/C16H29N3S/c1-6-14-15(9-17-12(4)5)20-16(18-14)19(10-11(2)3)13-7-8-13/h11-13,17H,6-10H2,1-5H3. The number of nitrogens with zero attached hydrogens (tertiary/aromatic N) is 2. The number of nitrogens with one attached hydrogen (secondary N) is 1. The third-order valence-corrected chi connectivity index (χ3v) is 4.70. The van der Waals surface area contributed by atoms with E-state index in [2.05, 4.69) is 44.8 Å². The van der Waals surface area contributed by atoms with Gasteiger partial charge in [-0.3, -0.25) is 0 Å². The first-order chi connectivity index (χ1) is 9.51. The molecule has 1 heterocycles. The molecule has 1 aromatic heterocycles. The van der Waals surface area contributed by atoms with E-state index in [1.165, 1.54) is 28.5 Å². The largest absolute Gasteiger partial charge is 0.345 e. The van der Waals surface area contributed by atoms with Gasteiger partial charge in [-0.15, -0.1) is 11.3 Å². The molecule has 0 unspecified atom stereocenters. The van der Waals surface area contributed by atoms with Crippen LogP contribution < -0.4 is 10.2 Å². The summed E-state index contributed by atoms with van der Waals surface area (Å²) in [6.07, 6.45) is 3.71. The molecule has 1 N–H and O–H groups in total. The highest BCUT2D eigenvalue weighted by atomic mass is 32.1. The average molecular weight is 295 g/mol. The van der Waals surface area contributed by atoms with Gasteiger partial charge in [0.1, 0.15) is 0 Å². The SMILES string of the molecule is CCc1nc(N(CC(C)C)C2CC2)sc1CNC(C)C. The molecule has 2 rings (SSSR count). The van der Waals surface area contributed by atoms with Crippen LogP contribution in [0.2, 0.25) is 0 Å². The summed E-state index contributed by atoms with van der Waals surface area (Å²) >= 11 is 1.90. The van der Waals surface area contributed by atoms with Gasteiger partial charge < -0.3 is 10.2 Å². The van der Waals surface area contributed by atoms with Crippen LogP contribution in [0.1, 0.15) is 58.0 Å². The highest BCUT2D eigenvalue weighted by molar-refractivity contribution is 7.15. The van der Waals surface area contributed by atoms with Crippen LogP contribution in [0.3, 0.4) is 0 Å². The van der Waals surface area contributed by atoms with Crippen LogP contribution in [0, 0.1) is 5.92 Å². The molecule has 1 fully saturated rings. The van der Waals surface area contributed by atoms with E-state index in [1.54, 1.807) is 0 Å². The van der Waals surface area contributed by atoms with Crippen molar-refractivity contribution in [2.75, 3.05) is 11.4 Å². The van der Waals surface area contributed by atoms with Crippen molar-refractivity contribution >= 4 is 16.5 Å². The molecule has 0 aromatic carbocycles. The van der Waals surface area contributed by atoms with Crippen LogP contribution in [-0.2, 0) is 13.0 Å². The van der Waals surface area contributed by atoms with E-state index in [0.717, 1.165) is 25.6 Å². The van der Waals surface area contributed by atoms with Crippen LogP contribution in [-0.4, -0.2) is 23.6 Å². The van der Waals surface area contributed by atoms with Crippen LogP contribution in [0.15, 0.2) is 0 Å². The Morgan fingerprint density at radius 1 is 1.30 bits per heavy atom. The van der Waals surface area contributed by atoms with Gasteiger partial charge in [-0.05, 0) is 25.2 Å². The lowest BCUT2D eigenvalue weighted by Gasteiger charge is -2.23. The van der Waals surface area contributed by atoms with E-state index in [0.29, 0.717) is 12.0 Å². The highest BCUT2D eigenvalue weighted by Gasteiger charge is 2.31. The average Bonchev–Trinajstić information content (AvgIpc) is 3.13. The van der Waals surface area contributed by atoms with Crippen LogP contribution in [0.4, 0.5) is 5.13 Å². The second-order valence-corrected chi connectivity index (χ2v) is 7.59. The minimum Gasteiger partial charge on any atom is -0.345 e. The predicted molar refractivity (Wildman–Crippen MR) is 88.7 cm³/mol. The van der Waals surface area contributed by atoms with Gasteiger partial charge in [0, 0.05) is 30.1 Å². The Hall–Kier alpha value is -0.610. The first-order valence-corrected chi connectivity index (χ1v) is 8.81. The smallest absolute Gasteiger partial charge is 0.186 e. The monoisotopic (exact) mass is 295 g/mol. The fraction of sp³-hybridized carbons (Fsp3) is 0.812. The quantitative estimate of drug-likeness (QED) is 0.790. The number of anilines is 1. The molecule has 0 radical (unpaired) electrons. The van der Waals surface area contributed by atoms with Gasteiger partial charge >= 0.3 is 0 Å². The minimum atomic E-state index is 0.528. The lowest BCUT2D eigenvalue weighted by atomic mass is 10.2. The Balaban J connectivity index is 2.13. The lowest BCUT2D eigenvalue weighted by molar-refractivity contribution is 0.590. The third-order valence-electron chi connectivity index (χ3n) is 3.57. The van der Waals surface area contributed by atoms with Gasteiger partial charge in [0.25, 0.3) is 0 Å². The molecule has 0 atom stereocenters. The predicted octanol–water partition coefficient (Wildman–Crippen LogP) is 3.83. The Morgan fingerprint density at radius 2 is 2.00 bits per heavy atom. The number of hydrogen-bond acceptors (Lipinski definition) is 4. The second kappa shape index (κ2) is 6.90. The maximum atomic E-state index is 4.93. The van der Waals surface area contributed by atoms with Crippen molar-refractivity contribution in [3.63, 3.8) is 0 Å². The fourth-order valence-electron chi connectivity index (χ4n) is 2.37. The first kappa shape index (κ1) is 15.8. The number of thiazole rings is 1. The zero-order chi connectivity index (χ0) is 14.7. The molecule has 20 heavy (non-hydrogen) atoms. The molecule has 0 spiro atoms. The minimum absolute atomic E-state index is 0.528. The summed E-state index contributed by atoms with van der Waals surface area (Å²) in [5.74, 6) is 0.696. The maximum Gasteiger partial charge on any atom is 0.186 e. The van der Waals surface area contributed by atoms with E-state index in [4.69, 9.17) is 4.98 Å². The fourth-order valence-corrected chi connectivity index (χ4v) is 3.55. The Labute approximate surface area is 127 Å². The number of hydrogen-bond donors (Lipinski definition) is 1. The van der Waals surface area contributed by atoms with E-state index < -0.39 is 0 Å². The molecule has 0 amide bonds. The van der Waals surface area contributed by atoms with E-state index >= 15 is 0 Å². The lowest BCUT2D eigenvalue weighted by Crippen LogP contribution is -2.29. The molecule has 0 bridgehead atoms. The van der Waals surface area contributed by atoms with Gasteiger partial charge in [-0.25, -0.2) is 4.98 Å². The summed E-state index contributed by atoms with van der Waals surface area (Å²) in [5, 5.41) is 4.77. The Morgan fingerprint density at radius 3 is 2.50 bits per heavy atom. The van der Waals surface area contributed by atoms with Crippen molar-refractivity contribution in [1.82, 2.24) is 10.3 Å². The highest BCUT2D eigenvalue weighted by Crippen LogP contribution is 2.36. The molecule has 1 saturated carbocycles. The molecular weight excluding hydrogens is 266 g/mol. The molecular formula is C16H29N3S. The van der Waals surface area contributed by atoms with Gasteiger partial charge in [-0.2, -0.15) is 0 Å². The van der Waals surface area contributed by atoms with Crippen molar-refractivity contribution < 1.29 is 0 Å². The van der Waals surface area contributed by atoms with Gasteiger partial charge in [0.15, 0.2) is 5.13 Å². The molecule has 114 valence electrons. The van der Waals surface area contributed by atoms with Gasteiger partial charge in [-0.1, -0.05) is 34.6 Å². The van der Waals surface area contributed by atoms with Gasteiger partial charge in [0.05, 0.1) is 5.69 Å². The van der Waals surface area contributed by atoms with Crippen molar-refractivity contribution in [3.8, 4) is 0 Å². The maximum absolute atomic E-state index is 4.93. The van der Waals surface area contributed by atoms with Crippen LogP contribution in [0.25, 0.3) is 0 Å². The zero-order valence-electron chi connectivity index (χ0n) is 13.6. The molecule has 0 aliphatic heterocycles. The molecule has 0 saturated heterocycles. The number of rotatable bonds is 8. The number of aromatic nitrogens is 1. The van der Waals surface area contributed by atoms with Crippen molar-refractivity contribution in [1.29, 1.82) is 0 Å². The first-order valence-electron chi connectivity index (χ1n) is 7.99. The molecule has 1 aliphatic rings. The van der Waals surface area contributed by atoms with Crippen LogP contribution in [0.5, 0.6) is 0 Å². The normalized spacial score (nSPS) is 15.3. The zero-order valence-corrected chi connectivity index (χ0v) is 14.4. The number of aryl methyl sites for hydroxylation is 1. The Kier molecular flexibility index (Phi) is 5.44. The summed E-state index contributed by atoms with van der Waals surface area (Å²) in [6, 6.07) is 1.28. The summed E-state index contributed by atoms with van der Waals surface area (Å²) in [5.41, 5.74) is 1.28. The summed E-state index contributed by atoms with van der Waals surface area (Å²) < 4.78 is 0. The topological polar surface area (TPSA) is 28.2 Å². The molecule has 4 heteroatoms. The summed E-state index contributed by atoms with van der Waals surface area (Å²) in [6.45, 7) is 13.3. The molecule has 3 nitrogen and oxygen atoms in total. The summed E-state index contributed by atoms with van der Waals surface area (Å²) in [4.78, 5) is 8.90. The van der Waals surface area contributed by atoms with E-state index in [1.807, 2.05) is 11.3 Å².